The topological polar surface area (TPSA) is 138 Å². The Morgan fingerprint density at radius 1 is 1.30 bits per heavy atom. The zero-order chi connectivity index (χ0) is 20.0. The smallest absolute Gasteiger partial charge is 0.273 e. The molecule has 0 spiro atoms. The number of benzene rings is 2. The molecule has 0 aliphatic heterocycles. The molecule has 0 aromatic heterocycles. The molecule has 0 aliphatic carbocycles. The molecule has 0 aliphatic rings. The normalized spacial score (nSPS) is 10.6. The lowest BCUT2D eigenvalue weighted by atomic mass is 10.2. The zero-order valence-corrected chi connectivity index (χ0v) is 14.5. The number of phenols is 1. The van der Waals surface area contributed by atoms with Crippen molar-refractivity contribution in [2.75, 3.05) is 17.7 Å². The Balaban J connectivity index is 2.20. The summed E-state index contributed by atoms with van der Waals surface area (Å²) in [4.78, 5) is 22.5. The minimum absolute atomic E-state index is 0.0946. The molecule has 0 bridgehead atoms. The summed E-state index contributed by atoms with van der Waals surface area (Å²) in [7, 11) is 1.31. The maximum absolute atomic E-state index is 12.3. The number of carbonyl (C=O) groups excluding carboxylic acids is 1. The molecular weight excluding hydrogens is 352 g/mol. The van der Waals surface area contributed by atoms with Crippen LogP contribution >= 0.6 is 0 Å². The number of non-ortho nitro benzene ring substituents is 1. The Morgan fingerprint density at radius 2 is 2.00 bits per heavy atom. The predicted molar refractivity (Wildman–Crippen MR) is 98.4 cm³/mol. The SMILES string of the molecule is COc1cc([N+](=O)[O-])ccc1NC(=O)/C(C#N)=C\Nc1ccc(O)cc1C. The molecule has 2 rings (SSSR count). The molecule has 0 saturated carbocycles. The second-order valence-electron chi connectivity index (χ2n) is 5.41. The quantitative estimate of drug-likeness (QED) is 0.234. The summed E-state index contributed by atoms with van der Waals surface area (Å²) in [5, 5.41) is 34.8. The second kappa shape index (κ2) is 8.35. The second-order valence-corrected chi connectivity index (χ2v) is 5.41. The number of nitro benzene ring substituents is 1. The van der Waals surface area contributed by atoms with Gasteiger partial charge in [-0.2, -0.15) is 5.26 Å². The third kappa shape index (κ3) is 4.73. The third-order valence-electron chi connectivity index (χ3n) is 3.59. The summed E-state index contributed by atoms with van der Waals surface area (Å²) in [6.45, 7) is 1.75. The summed E-state index contributed by atoms with van der Waals surface area (Å²) < 4.78 is 5.05. The largest absolute Gasteiger partial charge is 0.508 e. The van der Waals surface area contributed by atoms with Crippen LogP contribution < -0.4 is 15.4 Å². The van der Waals surface area contributed by atoms with Crippen LogP contribution in [-0.2, 0) is 4.79 Å². The number of nitrogens with one attached hydrogen (secondary N) is 2. The molecule has 0 saturated heterocycles. The van der Waals surface area contributed by atoms with Crippen LogP contribution in [-0.4, -0.2) is 23.0 Å². The number of nitriles is 1. The van der Waals surface area contributed by atoms with Gasteiger partial charge in [-0.1, -0.05) is 0 Å². The molecule has 0 radical (unpaired) electrons. The zero-order valence-electron chi connectivity index (χ0n) is 14.5. The number of nitro groups is 1. The number of hydrogen-bond donors (Lipinski definition) is 3. The summed E-state index contributed by atoms with van der Waals surface area (Å²) in [6, 6.07) is 10.1. The summed E-state index contributed by atoms with van der Waals surface area (Å²) in [5.41, 5.74) is 1.12. The molecule has 0 atom stereocenters. The molecule has 0 unspecified atom stereocenters. The van der Waals surface area contributed by atoms with Gasteiger partial charge in [0.1, 0.15) is 23.1 Å². The highest BCUT2D eigenvalue weighted by molar-refractivity contribution is 6.07. The van der Waals surface area contributed by atoms with E-state index in [2.05, 4.69) is 10.6 Å². The van der Waals surface area contributed by atoms with Crippen LogP contribution in [0.2, 0.25) is 0 Å². The van der Waals surface area contributed by atoms with E-state index < -0.39 is 10.8 Å². The predicted octanol–water partition coefficient (Wildman–Crippen LogP) is 3.08. The van der Waals surface area contributed by atoms with Gasteiger partial charge in [0.25, 0.3) is 11.6 Å². The number of rotatable bonds is 6. The van der Waals surface area contributed by atoms with E-state index in [1.165, 1.54) is 43.6 Å². The lowest BCUT2D eigenvalue weighted by Gasteiger charge is -2.10. The standard InChI is InChI=1S/C18H16N4O5/c1-11-7-14(23)4-6-15(11)20-10-12(9-19)18(24)21-16-5-3-13(22(25)26)8-17(16)27-2/h3-8,10,20,23H,1-2H3,(H,21,24)/b12-10-. The highest BCUT2D eigenvalue weighted by atomic mass is 16.6. The van der Waals surface area contributed by atoms with Crippen LogP contribution in [0.3, 0.4) is 0 Å². The van der Waals surface area contributed by atoms with Crippen LogP contribution in [0, 0.1) is 28.4 Å². The highest BCUT2D eigenvalue weighted by Crippen LogP contribution is 2.29. The van der Waals surface area contributed by atoms with Gasteiger partial charge >= 0.3 is 0 Å². The molecule has 2 aromatic carbocycles. The number of aryl methyl sites for hydroxylation is 1. The van der Waals surface area contributed by atoms with Crippen LogP contribution in [0.4, 0.5) is 17.1 Å². The molecule has 0 heterocycles. The molecule has 0 fully saturated rings. The molecule has 27 heavy (non-hydrogen) atoms. The van der Waals surface area contributed by atoms with Crippen molar-refractivity contribution in [3.05, 3.63) is 63.8 Å². The molecule has 9 nitrogen and oxygen atoms in total. The number of anilines is 2. The van der Waals surface area contributed by atoms with Crippen LogP contribution in [0.5, 0.6) is 11.5 Å². The first-order chi connectivity index (χ1) is 12.8. The molecule has 3 N–H and O–H groups in total. The first-order valence-corrected chi connectivity index (χ1v) is 7.66. The van der Waals surface area contributed by atoms with Crippen molar-refractivity contribution in [2.45, 2.75) is 6.92 Å². The summed E-state index contributed by atoms with van der Waals surface area (Å²) >= 11 is 0. The van der Waals surface area contributed by atoms with E-state index in [4.69, 9.17) is 4.74 Å². The monoisotopic (exact) mass is 368 g/mol. The first kappa shape index (κ1) is 19.3. The first-order valence-electron chi connectivity index (χ1n) is 7.66. The Bertz CT molecular complexity index is 963. The van der Waals surface area contributed by atoms with Gasteiger partial charge in [-0.15, -0.1) is 0 Å². The average molecular weight is 368 g/mol. The number of nitrogens with zero attached hydrogens (tertiary/aromatic N) is 2. The van der Waals surface area contributed by atoms with Crippen LogP contribution in [0.15, 0.2) is 48.2 Å². The van der Waals surface area contributed by atoms with Crippen molar-refractivity contribution in [3.8, 4) is 17.6 Å². The van der Waals surface area contributed by atoms with Gasteiger partial charge in [-0.3, -0.25) is 14.9 Å². The van der Waals surface area contributed by atoms with Crippen LogP contribution in [0.25, 0.3) is 0 Å². The highest BCUT2D eigenvalue weighted by Gasteiger charge is 2.15. The number of hydrogen-bond acceptors (Lipinski definition) is 7. The van der Waals surface area contributed by atoms with Crippen molar-refractivity contribution in [3.63, 3.8) is 0 Å². The number of methoxy groups -OCH3 is 1. The number of ether oxygens (including phenoxy) is 1. The van der Waals surface area contributed by atoms with Gasteiger partial charge in [-0.05, 0) is 36.8 Å². The van der Waals surface area contributed by atoms with Gasteiger partial charge < -0.3 is 20.5 Å². The third-order valence-corrected chi connectivity index (χ3v) is 3.59. The number of carbonyl (C=O) groups is 1. The van der Waals surface area contributed by atoms with Crippen molar-refractivity contribution < 1.29 is 19.6 Å². The number of aromatic hydroxyl groups is 1. The van der Waals surface area contributed by atoms with E-state index in [0.29, 0.717) is 5.69 Å². The Morgan fingerprint density at radius 3 is 2.59 bits per heavy atom. The summed E-state index contributed by atoms with van der Waals surface area (Å²) in [5.74, 6) is -0.517. The number of amides is 1. The van der Waals surface area contributed by atoms with Gasteiger partial charge in [0, 0.05) is 18.0 Å². The van der Waals surface area contributed by atoms with Crippen LogP contribution in [0.1, 0.15) is 5.56 Å². The Labute approximate surface area is 154 Å². The fraction of sp³-hybridized carbons (Fsp3) is 0.111. The Hall–Kier alpha value is -4.06. The van der Waals surface area contributed by atoms with Gasteiger partial charge in [-0.25, -0.2) is 0 Å². The van der Waals surface area contributed by atoms with E-state index in [9.17, 15) is 25.3 Å². The van der Waals surface area contributed by atoms with Crippen molar-refractivity contribution in [1.82, 2.24) is 0 Å². The average Bonchev–Trinajstić information content (AvgIpc) is 2.63. The maximum atomic E-state index is 12.3. The lowest BCUT2D eigenvalue weighted by Crippen LogP contribution is -2.15. The van der Waals surface area contributed by atoms with Gasteiger partial charge in [0.2, 0.25) is 0 Å². The fourth-order valence-corrected chi connectivity index (χ4v) is 2.19. The van der Waals surface area contributed by atoms with E-state index in [0.717, 1.165) is 5.56 Å². The molecular formula is C18H16N4O5. The van der Waals surface area contributed by atoms with Gasteiger partial charge in [0.15, 0.2) is 0 Å². The van der Waals surface area contributed by atoms with Crippen molar-refractivity contribution in [1.29, 1.82) is 5.26 Å². The van der Waals surface area contributed by atoms with E-state index in [1.54, 1.807) is 19.1 Å². The van der Waals surface area contributed by atoms with E-state index >= 15 is 0 Å². The summed E-state index contributed by atoms with van der Waals surface area (Å²) in [6.07, 6.45) is 1.23. The van der Waals surface area contributed by atoms with Gasteiger partial charge in [0.05, 0.1) is 23.8 Å². The Kier molecular flexibility index (Phi) is 5.96. The molecule has 9 heteroatoms. The molecule has 1 amide bonds. The minimum atomic E-state index is -0.714. The minimum Gasteiger partial charge on any atom is -0.508 e. The van der Waals surface area contributed by atoms with E-state index in [1.807, 2.05) is 0 Å². The number of phenolic OH excluding ortho intramolecular Hbond substituents is 1. The maximum Gasteiger partial charge on any atom is 0.273 e. The van der Waals surface area contributed by atoms with E-state index in [-0.39, 0.29) is 28.4 Å². The lowest BCUT2D eigenvalue weighted by molar-refractivity contribution is -0.384. The molecule has 138 valence electrons. The molecule has 2 aromatic rings. The van der Waals surface area contributed by atoms with Crippen molar-refractivity contribution in [2.24, 2.45) is 0 Å². The fourth-order valence-electron chi connectivity index (χ4n) is 2.19. The van der Waals surface area contributed by atoms with Crippen molar-refractivity contribution >= 4 is 23.0 Å².